The van der Waals surface area contributed by atoms with E-state index in [4.69, 9.17) is 18.9 Å². The van der Waals surface area contributed by atoms with Crippen LogP contribution in [0.5, 0.6) is 11.5 Å². The van der Waals surface area contributed by atoms with Crippen molar-refractivity contribution < 1.29 is 18.9 Å². The number of nitrogens with zero attached hydrogens (tertiary/aromatic N) is 1. The number of hydrogen-bond donors (Lipinski definition) is 0. The fourth-order valence-electron chi connectivity index (χ4n) is 9.73. The van der Waals surface area contributed by atoms with Gasteiger partial charge in [-0.05, 0) is 62.6 Å². The number of benzene rings is 1. The topological polar surface area (TPSA) is 40.2 Å². The van der Waals surface area contributed by atoms with E-state index in [2.05, 4.69) is 57.4 Å². The van der Waals surface area contributed by atoms with E-state index < -0.39 is 0 Å². The lowest BCUT2D eigenvalue weighted by molar-refractivity contribution is -0.389. The van der Waals surface area contributed by atoms with Crippen LogP contribution in [0.1, 0.15) is 64.5 Å². The minimum Gasteiger partial charge on any atom is -0.493 e. The summed E-state index contributed by atoms with van der Waals surface area (Å²) in [6, 6.07) is 4.92. The number of methoxy groups -OCH3 is 1. The van der Waals surface area contributed by atoms with Gasteiger partial charge in [0.1, 0.15) is 18.5 Å². The SMILES string of the molecule is C=CCN1CC[C@]23c4c5ccc(OC)c4O[C@H]2[C@@]24CC[C@@]3(CC2[C@@](C)(C(C)(C)C)OCO4)[C@H]1C5. The Kier molecular flexibility index (Phi) is 4.09. The lowest BCUT2D eigenvalue weighted by atomic mass is 9.33. The third-order valence-corrected chi connectivity index (χ3v) is 11.5. The molecule has 0 radical (unpaired) electrons. The van der Waals surface area contributed by atoms with Crippen molar-refractivity contribution >= 4 is 0 Å². The summed E-state index contributed by atoms with van der Waals surface area (Å²) in [4.78, 5) is 2.72. The Labute approximate surface area is 203 Å². The lowest BCUT2D eigenvalue weighted by Crippen LogP contribution is -2.84. The summed E-state index contributed by atoms with van der Waals surface area (Å²) in [6.07, 6.45) is 7.66. The first kappa shape index (κ1) is 21.7. The Hall–Kier alpha value is -1.56. The maximum Gasteiger partial charge on any atom is 0.165 e. The molecule has 184 valence electrons. The molecular formula is C29H39NO4. The summed E-state index contributed by atoms with van der Waals surface area (Å²) < 4.78 is 26.4. The second-order valence-corrected chi connectivity index (χ2v) is 13.0. The van der Waals surface area contributed by atoms with Crippen LogP contribution in [0.25, 0.3) is 0 Å². The number of fused-ring (bicyclic) bond motifs is 1. The van der Waals surface area contributed by atoms with Crippen molar-refractivity contribution in [1.29, 1.82) is 0 Å². The highest BCUT2D eigenvalue weighted by Crippen LogP contribution is 2.78. The highest BCUT2D eigenvalue weighted by molar-refractivity contribution is 5.63. The van der Waals surface area contributed by atoms with Crippen LogP contribution in [-0.2, 0) is 21.3 Å². The molecule has 34 heavy (non-hydrogen) atoms. The molecule has 5 heteroatoms. The second kappa shape index (κ2) is 6.41. The van der Waals surface area contributed by atoms with Crippen molar-refractivity contribution in [2.75, 3.05) is 27.0 Å². The van der Waals surface area contributed by atoms with Gasteiger partial charge in [0.25, 0.3) is 0 Å². The van der Waals surface area contributed by atoms with Crippen LogP contribution in [0.15, 0.2) is 24.8 Å². The molecule has 1 unspecified atom stereocenters. The Morgan fingerprint density at radius 3 is 2.76 bits per heavy atom. The van der Waals surface area contributed by atoms with Crippen LogP contribution in [0.3, 0.4) is 0 Å². The van der Waals surface area contributed by atoms with Crippen LogP contribution in [0.4, 0.5) is 0 Å². The summed E-state index contributed by atoms with van der Waals surface area (Å²) in [5, 5.41) is 0. The third-order valence-electron chi connectivity index (χ3n) is 11.5. The zero-order chi connectivity index (χ0) is 23.7. The maximum atomic E-state index is 7.15. The lowest BCUT2D eigenvalue weighted by Gasteiger charge is -2.76. The molecule has 0 N–H and O–H groups in total. The van der Waals surface area contributed by atoms with E-state index in [-0.39, 0.29) is 39.5 Å². The molecule has 3 aliphatic heterocycles. The molecule has 4 bridgehead atoms. The molecule has 5 fully saturated rings. The Bertz CT molecular complexity index is 1080. The molecule has 3 saturated carbocycles. The van der Waals surface area contributed by atoms with Crippen molar-refractivity contribution in [2.45, 2.75) is 88.6 Å². The molecule has 1 aromatic rings. The predicted octanol–water partition coefficient (Wildman–Crippen LogP) is 4.86. The molecule has 2 saturated heterocycles. The number of rotatable bonds is 3. The standard InChI is InChI=1S/C29H39NO4/c1-7-13-30-14-12-28-22-18-8-9-19(31-6)23(22)34-24(28)29-11-10-27(28,21(30)15-18)16-20(29)26(5,25(2,3)4)32-17-33-29/h7-9,20-21,24H,1,10-17H2,2-6H3/t20?,21-,24-,26+,27-,28+,29-/m1/s1. The van der Waals surface area contributed by atoms with Gasteiger partial charge in [-0.1, -0.05) is 32.9 Å². The van der Waals surface area contributed by atoms with E-state index in [1.165, 1.54) is 17.5 Å². The third kappa shape index (κ3) is 2.09. The van der Waals surface area contributed by atoms with Gasteiger partial charge in [-0.25, -0.2) is 0 Å². The van der Waals surface area contributed by atoms with Crippen molar-refractivity contribution in [2.24, 2.45) is 16.7 Å². The summed E-state index contributed by atoms with van der Waals surface area (Å²) in [5.41, 5.74) is 2.43. The van der Waals surface area contributed by atoms with Gasteiger partial charge in [-0.15, -0.1) is 6.58 Å². The van der Waals surface area contributed by atoms with Gasteiger partial charge in [0.15, 0.2) is 11.5 Å². The van der Waals surface area contributed by atoms with Crippen molar-refractivity contribution in [3.63, 3.8) is 0 Å². The predicted molar refractivity (Wildman–Crippen MR) is 130 cm³/mol. The monoisotopic (exact) mass is 465 g/mol. The highest BCUT2D eigenvalue weighted by Gasteiger charge is 2.83. The van der Waals surface area contributed by atoms with E-state index in [0.29, 0.717) is 12.8 Å². The minimum absolute atomic E-state index is 0.00534. The summed E-state index contributed by atoms with van der Waals surface area (Å²) in [7, 11) is 1.77. The molecule has 8 rings (SSSR count). The molecule has 7 atom stereocenters. The van der Waals surface area contributed by atoms with Gasteiger partial charge in [0.05, 0.1) is 12.7 Å². The van der Waals surface area contributed by atoms with Gasteiger partial charge in [0, 0.05) is 34.9 Å². The van der Waals surface area contributed by atoms with Gasteiger partial charge < -0.3 is 18.9 Å². The van der Waals surface area contributed by atoms with E-state index in [1.54, 1.807) is 7.11 Å². The molecule has 0 amide bonds. The molecule has 5 nitrogen and oxygen atoms in total. The van der Waals surface area contributed by atoms with Crippen LogP contribution in [0, 0.1) is 16.7 Å². The highest BCUT2D eigenvalue weighted by atomic mass is 16.7. The maximum absolute atomic E-state index is 7.15. The Morgan fingerprint density at radius 1 is 1.21 bits per heavy atom. The van der Waals surface area contributed by atoms with E-state index in [9.17, 15) is 0 Å². The average Bonchev–Trinajstić information content (AvgIpc) is 3.17. The van der Waals surface area contributed by atoms with E-state index in [0.717, 1.165) is 50.3 Å². The molecule has 0 aromatic heterocycles. The quantitative estimate of drug-likeness (QED) is 0.597. The molecule has 3 heterocycles. The van der Waals surface area contributed by atoms with Crippen LogP contribution in [0.2, 0.25) is 0 Å². The van der Waals surface area contributed by atoms with Crippen molar-refractivity contribution in [3.05, 3.63) is 35.9 Å². The van der Waals surface area contributed by atoms with Crippen molar-refractivity contribution in [3.8, 4) is 11.5 Å². The minimum atomic E-state index is -0.328. The van der Waals surface area contributed by atoms with Crippen LogP contribution >= 0.6 is 0 Å². The average molecular weight is 466 g/mol. The fraction of sp³-hybridized carbons (Fsp3) is 0.724. The number of ether oxygens (including phenoxy) is 4. The number of hydrogen-bond acceptors (Lipinski definition) is 5. The fourth-order valence-corrected chi connectivity index (χ4v) is 9.73. The zero-order valence-corrected chi connectivity index (χ0v) is 21.4. The number of piperidine rings is 1. The Morgan fingerprint density at radius 2 is 2.03 bits per heavy atom. The molecule has 3 spiro atoms. The van der Waals surface area contributed by atoms with Crippen LogP contribution in [-0.4, -0.2) is 55.2 Å². The van der Waals surface area contributed by atoms with Gasteiger partial charge in [-0.2, -0.15) is 0 Å². The van der Waals surface area contributed by atoms with Gasteiger partial charge in [-0.3, -0.25) is 4.90 Å². The first-order valence-corrected chi connectivity index (χ1v) is 13.2. The summed E-state index contributed by atoms with van der Waals surface area (Å²) in [6.45, 7) is 15.8. The normalized spacial score (nSPS) is 45.9. The van der Waals surface area contributed by atoms with E-state index in [1.807, 2.05) is 0 Å². The molecular weight excluding hydrogens is 426 g/mol. The first-order valence-electron chi connectivity index (χ1n) is 13.2. The largest absolute Gasteiger partial charge is 0.493 e. The zero-order valence-electron chi connectivity index (χ0n) is 21.4. The smallest absolute Gasteiger partial charge is 0.165 e. The van der Waals surface area contributed by atoms with Crippen molar-refractivity contribution in [1.82, 2.24) is 4.90 Å². The molecule has 1 aromatic carbocycles. The number of likely N-dealkylation sites (tertiary alicyclic amines) is 1. The van der Waals surface area contributed by atoms with Gasteiger partial charge >= 0.3 is 0 Å². The summed E-state index contributed by atoms with van der Waals surface area (Å²) in [5.74, 6) is 2.16. The van der Waals surface area contributed by atoms with Gasteiger partial charge in [0.2, 0.25) is 0 Å². The first-order chi connectivity index (χ1) is 16.2. The van der Waals surface area contributed by atoms with Crippen LogP contribution < -0.4 is 9.47 Å². The van der Waals surface area contributed by atoms with E-state index >= 15 is 0 Å². The molecule has 4 aliphatic carbocycles. The molecule has 7 aliphatic rings. The Balaban J connectivity index is 1.51. The second-order valence-electron chi connectivity index (χ2n) is 13.0. The summed E-state index contributed by atoms with van der Waals surface area (Å²) >= 11 is 0.